The van der Waals surface area contributed by atoms with Crippen molar-refractivity contribution in [3.05, 3.63) is 66.2 Å². The lowest BCUT2D eigenvalue weighted by Gasteiger charge is -2.40. The summed E-state index contributed by atoms with van der Waals surface area (Å²) in [6.45, 7) is 4.08. The molecule has 2 N–H and O–H groups in total. The summed E-state index contributed by atoms with van der Waals surface area (Å²) >= 11 is 0. The molecular formula is C23H30N4O4S. The largest absolute Gasteiger partial charge is 0.350 e. The fourth-order valence-corrected chi connectivity index (χ4v) is 4.97. The number of carbonyl (C=O) groups is 2. The zero-order chi connectivity index (χ0) is 23.0. The molecule has 2 aromatic rings. The molecule has 1 atom stereocenters. The molecule has 0 aliphatic carbocycles. The minimum atomic E-state index is -3.42. The van der Waals surface area contributed by atoms with Crippen molar-refractivity contribution in [2.45, 2.75) is 24.4 Å². The van der Waals surface area contributed by atoms with Crippen LogP contribution in [0.5, 0.6) is 0 Å². The van der Waals surface area contributed by atoms with Gasteiger partial charge in [-0.15, -0.1) is 0 Å². The van der Waals surface area contributed by atoms with Gasteiger partial charge in [-0.25, -0.2) is 13.2 Å². The van der Waals surface area contributed by atoms with Gasteiger partial charge in [0.15, 0.2) is 9.84 Å². The molecule has 0 radical (unpaired) electrons. The van der Waals surface area contributed by atoms with Crippen molar-refractivity contribution in [3.63, 3.8) is 0 Å². The van der Waals surface area contributed by atoms with Crippen molar-refractivity contribution >= 4 is 21.8 Å². The van der Waals surface area contributed by atoms with Gasteiger partial charge >= 0.3 is 6.03 Å². The third kappa shape index (κ3) is 6.30. The first-order valence-corrected chi connectivity index (χ1v) is 12.4. The van der Waals surface area contributed by atoms with E-state index < -0.39 is 15.9 Å². The maximum absolute atomic E-state index is 13.0. The van der Waals surface area contributed by atoms with Crippen LogP contribution in [0.15, 0.2) is 65.6 Å². The Hall–Kier alpha value is -2.91. The molecule has 8 nitrogen and oxygen atoms in total. The van der Waals surface area contributed by atoms with E-state index in [2.05, 4.69) is 10.6 Å². The van der Waals surface area contributed by atoms with Crippen LogP contribution in [0.1, 0.15) is 12.5 Å². The van der Waals surface area contributed by atoms with Crippen molar-refractivity contribution in [2.24, 2.45) is 0 Å². The Kier molecular flexibility index (Phi) is 8.24. The van der Waals surface area contributed by atoms with Crippen molar-refractivity contribution in [1.82, 2.24) is 20.4 Å². The zero-order valence-corrected chi connectivity index (χ0v) is 19.1. The highest BCUT2D eigenvalue weighted by Gasteiger charge is 2.35. The Morgan fingerprint density at radius 2 is 1.62 bits per heavy atom. The van der Waals surface area contributed by atoms with Gasteiger partial charge < -0.3 is 15.5 Å². The molecule has 9 heteroatoms. The second kappa shape index (κ2) is 11.1. The Bertz CT molecular complexity index is 999. The van der Waals surface area contributed by atoms with E-state index in [1.165, 1.54) is 4.90 Å². The first kappa shape index (κ1) is 23.7. The summed E-state index contributed by atoms with van der Waals surface area (Å²) in [4.78, 5) is 29.3. The highest BCUT2D eigenvalue weighted by molar-refractivity contribution is 7.91. The number of sulfone groups is 1. The summed E-state index contributed by atoms with van der Waals surface area (Å²) in [5.41, 5.74) is 0.965. The van der Waals surface area contributed by atoms with Crippen LogP contribution in [0.25, 0.3) is 0 Å². The molecule has 1 heterocycles. The molecule has 1 unspecified atom stereocenters. The van der Waals surface area contributed by atoms with Gasteiger partial charge in [0.2, 0.25) is 5.91 Å². The molecule has 0 bridgehead atoms. The lowest BCUT2D eigenvalue weighted by molar-refractivity contribution is -0.127. The molecule has 3 rings (SSSR count). The highest BCUT2D eigenvalue weighted by atomic mass is 32.2. The molecule has 32 heavy (non-hydrogen) atoms. The zero-order valence-electron chi connectivity index (χ0n) is 18.2. The van der Waals surface area contributed by atoms with Gasteiger partial charge in [-0.05, 0) is 24.6 Å². The SMILES string of the molecule is CCNC(=O)N1CCN(CCS(=O)(=O)c2ccccc2)CC1C(=O)NCc1ccccc1. The summed E-state index contributed by atoms with van der Waals surface area (Å²) in [5, 5.41) is 5.67. The average Bonchev–Trinajstić information content (AvgIpc) is 2.82. The summed E-state index contributed by atoms with van der Waals surface area (Å²) in [7, 11) is -3.42. The highest BCUT2D eigenvalue weighted by Crippen LogP contribution is 2.14. The van der Waals surface area contributed by atoms with Crippen LogP contribution in [0.3, 0.4) is 0 Å². The van der Waals surface area contributed by atoms with Crippen LogP contribution in [0.4, 0.5) is 4.79 Å². The number of nitrogens with zero attached hydrogens (tertiary/aromatic N) is 2. The lowest BCUT2D eigenvalue weighted by atomic mass is 10.1. The molecule has 0 aromatic heterocycles. The number of piperazine rings is 1. The number of carbonyl (C=O) groups excluding carboxylic acids is 2. The number of rotatable bonds is 8. The fourth-order valence-electron chi connectivity index (χ4n) is 3.66. The van der Waals surface area contributed by atoms with E-state index >= 15 is 0 Å². The molecule has 1 aliphatic heterocycles. The summed E-state index contributed by atoms with van der Waals surface area (Å²) in [6.07, 6.45) is 0. The molecule has 3 amide bonds. The van der Waals surface area contributed by atoms with E-state index in [4.69, 9.17) is 0 Å². The van der Waals surface area contributed by atoms with Gasteiger partial charge in [0, 0.05) is 39.3 Å². The Morgan fingerprint density at radius 1 is 0.969 bits per heavy atom. The first-order chi connectivity index (χ1) is 15.4. The van der Waals surface area contributed by atoms with Gasteiger partial charge in [0.05, 0.1) is 10.6 Å². The number of benzene rings is 2. The molecule has 2 aromatic carbocycles. The van der Waals surface area contributed by atoms with E-state index in [1.54, 1.807) is 30.3 Å². The average molecular weight is 459 g/mol. The van der Waals surface area contributed by atoms with E-state index in [0.717, 1.165) is 5.56 Å². The van der Waals surface area contributed by atoms with Crippen molar-refractivity contribution in [1.29, 1.82) is 0 Å². The standard InChI is InChI=1S/C23H30N4O4S/c1-2-24-23(29)27-14-13-26(15-16-32(30,31)20-11-7-4-8-12-20)18-21(27)22(28)25-17-19-9-5-3-6-10-19/h3-12,21H,2,13-18H2,1H3,(H,24,29)(H,25,28). The molecule has 1 fully saturated rings. The fraction of sp³-hybridized carbons (Fsp3) is 0.391. The van der Waals surface area contributed by atoms with Gasteiger partial charge in [-0.1, -0.05) is 48.5 Å². The molecule has 0 spiro atoms. The predicted octanol–water partition coefficient (Wildman–Crippen LogP) is 1.49. The molecule has 1 saturated heterocycles. The Morgan fingerprint density at radius 3 is 2.28 bits per heavy atom. The normalized spacial score (nSPS) is 17.0. The van der Waals surface area contributed by atoms with Gasteiger partial charge in [-0.3, -0.25) is 9.69 Å². The summed E-state index contributed by atoms with van der Waals surface area (Å²) in [6, 6.07) is 16.9. The minimum Gasteiger partial charge on any atom is -0.350 e. The van der Waals surface area contributed by atoms with Crippen LogP contribution in [-0.2, 0) is 21.2 Å². The first-order valence-electron chi connectivity index (χ1n) is 10.8. The number of amides is 3. The van der Waals surface area contributed by atoms with Crippen LogP contribution in [0.2, 0.25) is 0 Å². The minimum absolute atomic E-state index is 0.0451. The molecule has 1 aliphatic rings. The van der Waals surface area contributed by atoms with Gasteiger partial charge in [0.1, 0.15) is 6.04 Å². The predicted molar refractivity (Wildman–Crippen MR) is 123 cm³/mol. The van der Waals surface area contributed by atoms with E-state index in [-0.39, 0.29) is 29.1 Å². The van der Waals surface area contributed by atoms with Crippen LogP contribution in [0, 0.1) is 0 Å². The monoisotopic (exact) mass is 458 g/mol. The number of urea groups is 1. The maximum atomic E-state index is 13.0. The van der Waals surface area contributed by atoms with Crippen LogP contribution < -0.4 is 10.6 Å². The van der Waals surface area contributed by atoms with Crippen molar-refractivity contribution in [3.8, 4) is 0 Å². The summed E-state index contributed by atoms with van der Waals surface area (Å²) < 4.78 is 25.3. The van der Waals surface area contributed by atoms with Crippen LogP contribution >= 0.6 is 0 Å². The van der Waals surface area contributed by atoms with Crippen molar-refractivity contribution in [2.75, 3.05) is 38.5 Å². The molecule has 172 valence electrons. The van der Waals surface area contributed by atoms with Gasteiger partial charge in [0.25, 0.3) is 0 Å². The second-order valence-corrected chi connectivity index (χ2v) is 9.79. The maximum Gasteiger partial charge on any atom is 0.318 e. The van der Waals surface area contributed by atoms with Crippen molar-refractivity contribution < 1.29 is 18.0 Å². The quantitative estimate of drug-likeness (QED) is 0.625. The third-order valence-corrected chi connectivity index (χ3v) is 7.15. The van der Waals surface area contributed by atoms with Gasteiger partial charge in [-0.2, -0.15) is 0 Å². The third-order valence-electron chi connectivity index (χ3n) is 5.44. The smallest absolute Gasteiger partial charge is 0.318 e. The molecular weight excluding hydrogens is 428 g/mol. The number of hydrogen-bond donors (Lipinski definition) is 2. The Balaban J connectivity index is 1.65. The number of nitrogens with one attached hydrogen (secondary N) is 2. The number of hydrogen-bond acceptors (Lipinski definition) is 5. The second-order valence-electron chi connectivity index (χ2n) is 7.68. The summed E-state index contributed by atoms with van der Waals surface area (Å²) in [5.74, 6) is -0.299. The lowest BCUT2D eigenvalue weighted by Crippen LogP contribution is -2.62. The van der Waals surface area contributed by atoms with E-state index in [9.17, 15) is 18.0 Å². The van der Waals surface area contributed by atoms with Crippen LogP contribution in [-0.4, -0.2) is 74.7 Å². The molecule has 0 saturated carbocycles. The Labute approximate surface area is 189 Å². The van der Waals surface area contributed by atoms with E-state index in [0.29, 0.717) is 32.7 Å². The topological polar surface area (TPSA) is 98.8 Å². The van der Waals surface area contributed by atoms with E-state index in [1.807, 2.05) is 42.2 Å².